The van der Waals surface area contributed by atoms with Crippen molar-refractivity contribution in [3.8, 4) is 5.75 Å². The number of carbonyl (C=O) groups excluding carboxylic acids is 1. The Bertz CT molecular complexity index is 972. The fraction of sp³-hybridized carbons (Fsp3) is 0.346. The molecule has 0 saturated carbocycles. The van der Waals surface area contributed by atoms with Gasteiger partial charge in [-0.3, -0.25) is 9.69 Å². The normalized spacial score (nSPS) is 14.7. The molecule has 5 nitrogen and oxygen atoms in total. The molecular weight excluding hydrogens is 388 g/mol. The van der Waals surface area contributed by atoms with Crippen LogP contribution >= 0.6 is 0 Å². The molecule has 1 aliphatic heterocycles. The van der Waals surface area contributed by atoms with Crippen molar-refractivity contribution in [2.75, 3.05) is 26.2 Å². The molecule has 1 amide bonds. The topological polar surface area (TPSA) is 45.9 Å². The van der Waals surface area contributed by atoms with Gasteiger partial charge in [0.15, 0.2) is 0 Å². The van der Waals surface area contributed by atoms with Crippen molar-refractivity contribution in [2.24, 2.45) is 0 Å². The van der Waals surface area contributed by atoms with Gasteiger partial charge < -0.3 is 14.1 Å². The van der Waals surface area contributed by atoms with Crippen LogP contribution in [0.5, 0.6) is 5.75 Å². The number of ether oxygens (including phenoxy) is 1. The molecule has 0 N–H and O–H groups in total. The summed E-state index contributed by atoms with van der Waals surface area (Å²) in [6.45, 7) is 8.74. The highest BCUT2D eigenvalue weighted by molar-refractivity contribution is 5.94. The van der Waals surface area contributed by atoms with Gasteiger partial charge in [0, 0.05) is 31.7 Å². The van der Waals surface area contributed by atoms with Gasteiger partial charge in [0.05, 0.1) is 12.8 Å². The molecule has 0 atom stereocenters. The molecule has 1 aromatic heterocycles. The maximum atomic E-state index is 13.0. The highest BCUT2D eigenvalue weighted by Crippen LogP contribution is 2.20. The van der Waals surface area contributed by atoms with Crippen LogP contribution in [0.15, 0.2) is 71.3 Å². The third kappa shape index (κ3) is 5.56. The lowest BCUT2D eigenvalue weighted by Gasteiger charge is -2.34. The third-order valence-electron chi connectivity index (χ3n) is 5.75. The van der Waals surface area contributed by atoms with E-state index in [2.05, 4.69) is 30.9 Å². The minimum atomic E-state index is 0.0841. The molecule has 2 aromatic carbocycles. The van der Waals surface area contributed by atoms with Gasteiger partial charge >= 0.3 is 0 Å². The number of hydrogen-bond acceptors (Lipinski definition) is 4. The highest BCUT2D eigenvalue weighted by Gasteiger charge is 2.22. The first-order valence-corrected chi connectivity index (χ1v) is 10.9. The van der Waals surface area contributed by atoms with Crippen LogP contribution in [0.3, 0.4) is 0 Å². The van der Waals surface area contributed by atoms with E-state index in [4.69, 9.17) is 9.15 Å². The summed E-state index contributed by atoms with van der Waals surface area (Å²) < 4.78 is 11.4. The fourth-order valence-electron chi connectivity index (χ4n) is 3.82. The molecule has 1 aliphatic rings. The predicted octanol–water partition coefficient (Wildman–Crippen LogP) is 4.94. The Morgan fingerprint density at radius 1 is 1.00 bits per heavy atom. The Kier molecular flexibility index (Phi) is 6.73. The molecule has 5 heteroatoms. The molecular formula is C26H30N2O3. The third-order valence-corrected chi connectivity index (χ3v) is 5.75. The van der Waals surface area contributed by atoms with Crippen LogP contribution in [-0.2, 0) is 13.2 Å². The summed E-state index contributed by atoms with van der Waals surface area (Å²) in [6, 6.07) is 19.9. The Morgan fingerprint density at radius 2 is 1.77 bits per heavy atom. The van der Waals surface area contributed by atoms with Gasteiger partial charge in [-0.15, -0.1) is 0 Å². The first-order chi connectivity index (χ1) is 15.1. The Hall–Kier alpha value is -3.05. The predicted molar refractivity (Wildman–Crippen MR) is 121 cm³/mol. The maximum absolute atomic E-state index is 13.0. The number of amides is 1. The van der Waals surface area contributed by atoms with Crippen LogP contribution in [0.25, 0.3) is 0 Å². The molecule has 4 rings (SSSR count). The molecule has 1 fully saturated rings. The zero-order valence-corrected chi connectivity index (χ0v) is 18.3. The van der Waals surface area contributed by atoms with E-state index in [0.717, 1.165) is 55.4 Å². The van der Waals surface area contributed by atoms with Crippen LogP contribution in [0.2, 0.25) is 0 Å². The van der Waals surface area contributed by atoms with Crippen molar-refractivity contribution < 1.29 is 13.9 Å². The summed E-state index contributed by atoms with van der Waals surface area (Å²) in [7, 11) is 0. The fourth-order valence-corrected chi connectivity index (χ4v) is 3.82. The van der Waals surface area contributed by atoms with Crippen LogP contribution in [0.1, 0.15) is 47.0 Å². The van der Waals surface area contributed by atoms with Crippen molar-refractivity contribution in [3.05, 3.63) is 89.4 Å². The minimum absolute atomic E-state index is 0.0841. The number of rotatable bonds is 7. The largest absolute Gasteiger partial charge is 0.489 e. The van der Waals surface area contributed by atoms with Gasteiger partial charge in [0.2, 0.25) is 0 Å². The lowest BCUT2D eigenvalue weighted by atomic mass is 10.0. The van der Waals surface area contributed by atoms with E-state index in [1.807, 2.05) is 53.4 Å². The molecule has 0 spiro atoms. The molecule has 162 valence electrons. The van der Waals surface area contributed by atoms with Gasteiger partial charge in [-0.25, -0.2) is 0 Å². The van der Waals surface area contributed by atoms with Gasteiger partial charge in [-0.2, -0.15) is 0 Å². The number of hydrogen-bond donors (Lipinski definition) is 0. The molecule has 0 unspecified atom stereocenters. The number of piperazine rings is 1. The summed E-state index contributed by atoms with van der Waals surface area (Å²) >= 11 is 0. The van der Waals surface area contributed by atoms with Gasteiger partial charge in [-0.1, -0.05) is 38.1 Å². The molecule has 0 radical (unpaired) electrons. The van der Waals surface area contributed by atoms with E-state index >= 15 is 0 Å². The SMILES string of the molecule is CC(C)c1ccc(OCc2cccc(C(=O)N3CCN(Cc4ccco4)CC3)c2)cc1. The van der Waals surface area contributed by atoms with E-state index in [1.165, 1.54) is 5.56 Å². The standard InChI is InChI=1S/C26H30N2O3/c1-20(2)22-8-10-24(11-9-22)31-19-21-5-3-6-23(17-21)26(29)28-14-12-27(13-15-28)18-25-7-4-16-30-25/h3-11,16-17,20H,12-15,18-19H2,1-2H3. The number of nitrogens with zero attached hydrogens (tertiary/aromatic N) is 2. The van der Waals surface area contributed by atoms with Crippen LogP contribution < -0.4 is 4.74 Å². The van der Waals surface area contributed by atoms with E-state index in [9.17, 15) is 4.79 Å². The summed E-state index contributed by atoms with van der Waals surface area (Å²) in [5, 5.41) is 0. The van der Waals surface area contributed by atoms with E-state index in [0.29, 0.717) is 12.5 Å². The summed E-state index contributed by atoms with van der Waals surface area (Å²) in [4.78, 5) is 17.2. The lowest BCUT2D eigenvalue weighted by Crippen LogP contribution is -2.48. The maximum Gasteiger partial charge on any atom is 0.253 e. The second-order valence-electron chi connectivity index (χ2n) is 8.36. The molecule has 31 heavy (non-hydrogen) atoms. The summed E-state index contributed by atoms with van der Waals surface area (Å²) in [5.74, 6) is 2.39. The average Bonchev–Trinajstić information content (AvgIpc) is 3.31. The minimum Gasteiger partial charge on any atom is -0.489 e. The quantitative estimate of drug-likeness (QED) is 0.545. The molecule has 0 aliphatic carbocycles. The van der Waals surface area contributed by atoms with Crippen molar-refractivity contribution >= 4 is 5.91 Å². The number of carbonyl (C=O) groups is 1. The second kappa shape index (κ2) is 9.84. The van der Waals surface area contributed by atoms with Crippen molar-refractivity contribution in [1.82, 2.24) is 9.80 Å². The highest BCUT2D eigenvalue weighted by atomic mass is 16.5. The van der Waals surface area contributed by atoms with Crippen LogP contribution in [0.4, 0.5) is 0 Å². The zero-order chi connectivity index (χ0) is 21.6. The van der Waals surface area contributed by atoms with E-state index in [1.54, 1.807) is 6.26 Å². The van der Waals surface area contributed by atoms with Crippen molar-refractivity contribution in [1.29, 1.82) is 0 Å². The molecule has 1 saturated heterocycles. The molecule has 3 aromatic rings. The number of furan rings is 1. The van der Waals surface area contributed by atoms with Crippen molar-refractivity contribution in [2.45, 2.75) is 32.9 Å². The van der Waals surface area contributed by atoms with Gasteiger partial charge in [0.25, 0.3) is 5.91 Å². The molecule has 0 bridgehead atoms. The Morgan fingerprint density at radius 3 is 2.45 bits per heavy atom. The zero-order valence-electron chi connectivity index (χ0n) is 18.3. The molecule has 2 heterocycles. The van der Waals surface area contributed by atoms with Crippen molar-refractivity contribution in [3.63, 3.8) is 0 Å². The first-order valence-electron chi connectivity index (χ1n) is 10.9. The number of benzene rings is 2. The average molecular weight is 419 g/mol. The lowest BCUT2D eigenvalue weighted by molar-refractivity contribution is 0.0620. The second-order valence-corrected chi connectivity index (χ2v) is 8.36. The first kappa shape index (κ1) is 21.2. The van der Waals surface area contributed by atoms with Gasteiger partial charge in [0.1, 0.15) is 18.1 Å². The smallest absolute Gasteiger partial charge is 0.253 e. The van der Waals surface area contributed by atoms with E-state index in [-0.39, 0.29) is 5.91 Å². The van der Waals surface area contributed by atoms with Crippen LogP contribution in [0, 0.1) is 0 Å². The monoisotopic (exact) mass is 418 g/mol. The van der Waals surface area contributed by atoms with E-state index < -0.39 is 0 Å². The van der Waals surface area contributed by atoms with Crippen LogP contribution in [-0.4, -0.2) is 41.9 Å². The summed E-state index contributed by atoms with van der Waals surface area (Å²) in [6.07, 6.45) is 1.70. The Labute approximate surface area is 184 Å². The summed E-state index contributed by atoms with van der Waals surface area (Å²) in [5.41, 5.74) is 3.01. The van der Waals surface area contributed by atoms with Gasteiger partial charge in [-0.05, 0) is 53.4 Å². The Balaban J connectivity index is 1.31.